The van der Waals surface area contributed by atoms with E-state index in [4.69, 9.17) is 15.6 Å². The minimum atomic E-state index is -1.19. The summed E-state index contributed by atoms with van der Waals surface area (Å²) < 4.78 is 20.4. The van der Waals surface area contributed by atoms with Crippen LogP contribution in [0.5, 0.6) is 0 Å². The molecule has 6 nitrogen and oxygen atoms in total. The monoisotopic (exact) mass is 353 g/mol. The number of nitrogens with zero attached hydrogens (tertiary/aromatic N) is 1. The van der Waals surface area contributed by atoms with Crippen LogP contribution >= 0.6 is 11.8 Å². The number of aliphatic imine (C=N–C) groups is 1. The molecule has 3 rings (SSSR count). The van der Waals surface area contributed by atoms with Crippen molar-refractivity contribution in [3.63, 3.8) is 0 Å². The van der Waals surface area contributed by atoms with Crippen LogP contribution in [0.15, 0.2) is 23.2 Å². The van der Waals surface area contributed by atoms with Crippen LogP contribution in [0.25, 0.3) is 0 Å². The van der Waals surface area contributed by atoms with Gasteiger partial charge in [0.1, 0.15) is 11.4 Å². The quantitative estimate of drug-likeness (QED) is 0.711. The Bertz CT molecular complexity index is 685. The van der Waals surface area contributed by atoms with Gasteiger partial charge < -0.3 is 15.6 Å². The SMILES string of the molecule is COC1CCC[C@H]2CSC(NC(=O)O)=N[C@@]12c1cc(N)ccc1F. The molecule has 1 unspecified atom stereocenters. The molecule has 1 amide bonds. The molecular formula is C16H20FN3O3S. The maximum atomic E-state index is 14.7. The molecule has 0 bridgehead atoms. The Morgan fingerprint density at radius 1 is 1.54 bits per heavy atom. The van der Waals surface area contributed by atoms with E-state index < -0.39 is 17.4 Å². The van der Waals surface area contributed by atoms with E-state index in [0.717, 1.165) is 19.3 Å². The minimum absolute atomic E-state index is 0.0526. The summed E-state index contributed by atoms with van der Waals surface area (Å²) in [6.45, 7) is 0. The normalized spacial score (nSPS) is 29.5. The fourth-order valence-corrected chi connectivity index (χ4v) is 4.92. The van der Waals surface area contributed by atoms with Crippen molar-refractivity contribution in [2.24, 2.45) is 10.9 Å². The number of ether oxygens (including phenoxy) is 1. The van der Waals surface area contributed by atoms with Gasteiger partial charge in [-0.3, -0.25) is 5.32 Å². The van der Waals surface area contributed by atoms with E-state index in [1.54, 1.807) is 13.2 Å². The first-order valence-corrected chi connectivity index (χ1v) is 8.77. The van der Waals surface area contributed by atoms with Gasteiger partial charge in [-0.2, -0.15) is 0 Å². The largest absolute Gasteiger partial charge is 0.465 e. The summed E-state index contributed by atoms with van der Waals surface area (Å²) >= 11 is 1.34. The van der Waals surface area contributed by atoms with Gasteiger partial charge in [0.25, 0.3) is 0 Å². The molecule has 0 spiro atoms. The lowest BCUT2D eigenvalue weighted by Crippen LogP contribution is -2.53. The van der Waals surface area contributed by atoms with Gasteiger partial charge in [-0.1, -0.05) is 18.2 Å². The third-order valence-electron chi connectivity index (χ3n) is 4.76. The maximum Gasteiger partial charge on any atom is 0.410 e. The number of hydrogen-bond acceptors (Lipinski definition) is 5. The van der Waals surface area contributed by atoms with Crippen LogP contribution in [0.4, 0.5) is 14.9 Å². The van der Waals surface area contributed by atoms with E-state index in [0.29, 0.717) is 17.0 Å². The summed E-state index contributed by atoms with van der Waals surface area (Å²) in [5.41, 5.74) is 5.75. The average Bonchev–Trinajstić information content (AvgIpc) is 2.55. The number of methoxy groups -OCH3 is 1. The smallest absolute Gasteiger partial charge is 0.410 e. The van der Waals surface area contributed by atoms with Crippen LogP contribution in [-0.4, -0.2) is 35.3 Å². The zero-order valence-electron chi connectivity index (χ0n) is 13.3. The molecule has 1 aromatic rings. The summed E-state index contributed by atoms with van der Waals surface area (Å²) in [5.74, 6) is 0.299. The molecule has 130 valence electrons. The van der Waals surface area contributed by atoms with Gasteiger partial charge in [-0.15, -0.1) is 0 Å². The van der Waals surface area contributed by atoms with Gasteiger partial charge in [0.05, 0.1) is 6.10 Å². The molecule has 8 heteroatoms. The van der Waals surface area contributed by atoms with Crippen molar-refractivity contribution < 1.29 is 19.0 Å². The summed E-state index contributed by atoms with van der Waals surface area (Å²) in [6.07, 6.45) is 1.06. The van der Waals surface area contributed by atoms with Crippen molar-refractivity contribution in [2.75, 3.05) is 18.6 Å². The molecule has 24 heavy (non-hydrogen) atoms. The fourth-order valence-electron chi connectivity index (χ4n) is 3.76. The number of anilines is 1. The van der Waals surface area contributed by atoms with E-state index in [1.807, 2.05) is 0 Å². The van der Waals surface area contributed by atoms with Crippen molar-refractivity contribution in [1.82, 2.24) is 5.32 Å². The molecule has 0 radical (unpaired) electrons. The Morgan fingerprint density at radius 2 is 2.33 bits per heavy atom. The molecule has 1 aliphatic heterocycles. The molecule has 1 fully saturated rings. The lowest BCUT2D eigenvalue weighted by molar-refractivity contribution is -0.0220. The first-order chi connectivity index (χ1) is 11.5. The van der Waals surface area contributed by atoms with Gasteiger partial charge in [0.15, 0.2) is 5.17 Å². The topological polar surface area (TPSA) is 96.9 Å². The van der Waals surface area contributed by atoms with Gasteiger partial charge in [0.2, 0.25) is 0 Å². The second kappa shape index (κ2) is 6.60. The number of halogens is 1. The molecule has 1 aromatic carbocycles. The molecular weight excluding hydrogens is 333 g/mol. The minimum Gasteiger partial charge on any atom is -0.465 e. The van der Waals surface area contributed by atoms with Gasteiger partial charge >= 0.3 is 6.09 Å². The Kier molecular flexibility index (Phi) is 4.69. The Labute approximate surface area is 143 Å². The lowest BCUT2D eigenvalue weighted by atomic mass is 9.67. The summed E-state index contributed by atoms with van der Waals surface area (Å²) in [7, 11) is 1.58. The first kappa shape index (κ1) is 17.0. The number of nitrogens with two attached hydrogens (primary N) is 1. The highest BCUT2D eigenvalue weighted by Gasteiger charge is 2.53. The van der Waals surface area contributed by atoms with Gasteiger partial charge in [-0.25, -0.2) is 14.2 Å². The Hall–Kier alpha value is -1.80. The molecule has 0 aromatic heterocycles. The standard InChI is InChI=1S/C16H20FN3O3S/c1-23-13-4-2-3-9-8-24-14(19-15(21)22)20-16(9,13)11-7-10(18)5-6-12(11)17/h5-7,9,13H,2-4,8,18H2,1H3,(H,19,20)(H,21,22)/t9-,13?,16-/m0/s1. The van der Waals surface area contributed by atoms with Crippen molar-refractivity contribution in [3.05, 3.63) is 29.6 Å². The van der Waals surface area contributed by atoms with Crippen molar-refractivity contribution in [1.29, 1.82) is 0 Å². The third kappa shape index (κ3) is 2.84. The summed E-state index contributed by atoms with van der Waals surface area (Å²) in [6, 6.07) is 4.43. The Morgan fingerprint density at radius 3 is 3.04 bits per heavy atom. The molecule has 0 saturated heterocycles. The number of thioether (sulfide) groups is 1. The highest BCUT2D eigenvalue weighted by atomic mass is 32.2. The van der Waals surface area contributed by atoms with Crippen molar-refractivity contribution in [2.45, 2.75) is 30.9 Å². The predicted molar refractivity (Wildman–Crippen MR) is 91.7 cm³/mol. The third-order valence-corrected chi connectivity index (χ3v) is 5.80. The highest BCUT2D eigenvalue weighted by Crippen LogP contribution is 2.51. The first-order valence-electron chi connectivity index (χ1n) is 7.78. The van der Waals surface area contributed by atoms with E-state index in [-0.39, 0.29) is 17.2 Å². The maximum absolute atomic E-state index is 14.7. The molecule has 1 heterocycles. The summed E-state index contributed by atoms with van der Waals surface area (Å²) in [4.78, 5) is 15.7. The highest BCUT2D eigenvalue weighted by molar-refractivity contribution is 8.13. The zero-order chi connectivity index (χ0) is 17.3. The van der Waals surface area contributed by atoms with Crippen molar-refractivity contribution in [3.8, 4) is 0 Å². The number of benzene rings is 1. The summed E-state index contributed by atoms with van der Waals surface area (Å²) in [5, 5.41) is 11.6. The molecule has 4 N–H and O–H groups in total. The second-order valence-corrected chi connectivity index (χ2v) is 7.08. The van der Waals surface area contributed by atoms with Crippen LogP contribution < -0.4 is 11.1 Å². The number of hydrogen-bond donors (Lipinski definition) is 3. The molecule has 2 aliphatic rings. The van der Waals surface area contributed by atoms with E-state index >= 15 is 0 Å². The van der Waals surface area contributed by atoms with Crippen LogP contribution in [0.3, 0.4) is 0 Å². The van der Waals surface area contributed by atoms with Crippen LogP contribution in [0, 0.1) is 11.7 Å². The lowest BCUT2D eigenvalue weighted by Gasteiger charge is -2.48. The van der Waals surface area contributed by atoms with Crippen molar-refractivity contribution >= 4 is 28.7 Å². The second-order valence-electron chi connectivity index (χ2n) is 6.07. The zero-order valence-corrected chi connectivity index (χ0v) is 14.1. The number of amides is 1. The number of fused-ring (bicyclic) bond motifs is 1. The number of amidine groups is 1. The van der Waals surface area contributed by atoms with E-state index in [1.165, 1.54) is 23.9 Å². The molecule has 1 aliphatic carbocycles. The van der Waals surface area contributed by atoms with Crippen LogP contribution in [0.2, 0.25) is 0 Å². The van der Waals surface area contributed by atoms with Gasteiger partial charge in [-0.05, 0) is 31.0 Å². The average molecular weight is 353 g/mol. The number of carboxylic acid groups (broad SMARTS) is 1. The number of nitrogens with one attached hydrogen (secondary N) is 1. The van der Waals surface area contributed by atoms with E-state index in [2.05, 4.69) is 10.3 Å². The number of nitrogen functional groups attached to an aromatic ring is 1. The Balaban J connectivity index is 2.19. The molecule has 3 atom stereocenters. The van der Waals surface area contributed by atoms with Gasteiger partial charge in [0, 0.05) is 30.0 Å². The van der Waals surface area contributed by atoms with E-state index in [9.17, 15) is 9.18 Å². The molecule has 1 saturated carbocycles. The van der Waals surface area contributed by atoms with Crippen LogP contribution in [-0.2, 0) is 10.3 Å². The fraction of sp³-hybridized carbons (Fsp3) is 0.500. The number of carbonyl (C=O) groups is 1. The number of rotatable bonds is 2. The predicted octanol–water partition coefficient (Wildman–Crippen LogP) is 2.79. The van der Waals surface area contributed by atoms with Crippen LogP contribution in [0.1, 0.15) is 24.8 Å².